The molecule has 0 aliphatic carbocycles. The lowest BCUT2D eigenvalue weighted by atomic mass is 9.88. The Balaban J connectivity index is 0.000000126. The number of rotatable bonds is 0. The van der Waals surface area contributed by atoms with Crippen LogP contribution in [0.5, 0.6) is 0 Å². The van der Waals surface area contributed by atoms with E-state index in [-0.39, 0.29) is 41.3 Å². The predicted molar refractivity (Wildman–Crippen MR) is 101 cm³/mol. The van der Waals surface area contributed by atoms with Gasteiger partial charge in [0.1, 0.15) is 17.5 Å². The molecule has 5 fully saturated rings. The van der Waals surface area contributed by atoms with Crippen molar-refractivity contribution in [2.75, 3.05) is 17.3 Å². The third-order valence-corrected chi connectivity index (χ3v) is 10.7. The lowest BCUT2D eigenvalue weighted by Crippen LogP contribution is -2.32. The fourth-order valence-corrected chi connectivity index (χ4v) is 9.12. The van der Waals surface area contributed by atoms with Gasteiger partial charge in [0, 0.05) is 5.92 Å². The molecule has 7 unspecified atom stereocenters. The predicted octanol–water partition coefficient (Wildman–Crippen LogP) is 0.457. The number of hydrogen-bond acceptors (Lipinski definition) is 9. The Labute approximate surface area is 167 Å². The summed E-state index contributed by atoms with van der Waals surface area (Å²) < 4.78 is 79.8. The Morgan fingerprint density at radius 3 is 1.82 bits per heavy atom. The maximum atomic E-state index is 11.3. The van der Waals surface area contributed by atoms with Gasteiger partial charge in [-0.25, -0.2) is 8.42 Å². The molecule has 0 spiro atoms. The van der Waals surface area contributed by atoms with Gasteiger partial charge in [-0.1, -0.05) is 13.8 Å². The molecule has 5 saturated heterocycles. The highest BCUT2D eigenvalue weighted by Gasteiger charge is 2.64. The molecule has 0 aromatic rings. The second kappa shape index (κ2) is 7.77. The van der Waals surface area contributed by atoms with Crippen LogP contribution in [0.25, 0.3) is 0 Å². The van der Waals surface area contributed by atoms with E-state index in [2.05, 4.69) is 4.18 Å². The maximum Gasteiger partial charge on any atom is 0.273 e. The van der Waals surface area contributed by atoms with Crippen molar-refractivity contribution < 1.29 is 38.4 Å². The summed E-state index contributed by atoms with van der Waals surface area (Å²) in [5, 5.41) is -0.372. The molecule has 0 radical (unpaired) electrons. The van der Waals surface area contributed by atoms with Crippen LogP contribution in [0.1, 0.15) is 40.0 Å². The van der Waals surface area contributed by atoms with Crippen molar-refractivity contribution in [2.24, 2.45) is 11.8 Å². The van der Waals surface area contributed by atoms with Crippen molar-refractivity contribution in [3.63, 3.8) is 0 Å². The number of sulfone groups is 1. The Kier molecular flexibility index (Phi) is 6.22. The summed E-state index contributed by atoms with van der Waals surface area (Å²) in [4.78, 5) is 0. The molecule has 5 rings (SSSR count). The van der Waals surface area contributed by atoms with E-state index in [4.69, 9.17) is 8.92 Å². The second-order valence-corrected chi connectivity index (χ2v) is 14.0. The van der Waals surface area contributed by atoms with Crippen LogP contribution in [0.3, 0.4) is 0 Å². The molecular formula is C16H28O9S3. The average molecular weight is 461 g/mol. The Morgan fingerprint density at radius 1 is 0.821 bits per heavy atom. The normalized spacial score (nSPS) is 45.8. The van der Waals surface area contributed by atoms with Crippen LogP contribution in [-0.2, 0) is 43.2 Å². The molecule has 0 saturated carbocycles. The number of fused-ring (bicyclic) bond motifs is 1. The van der Waals surface area contributed by atoms with E-state index >= 15 is 0 Å². The third kappa shape index (κ3) is 4.89. The zero-order valence-electron chi connectivity index (χ0n) is 16.2. The Morgan fingerprint density at radius 2 is 1.50 bits per heavy atom. The van der Waals surface area contributed by atoms with Gasteiger partial charge in [0.15, 0.2) is 9.84 Å². The third-order valence-electron chi connectivity index (χ3n) is 5.75. The quantitative estimate of drug-likeness (QED) is 0.473. The fourth-order valence-electron chi connectivity index (χ4n) is 4.13. The van der Waals surface area contributed by atoms with Crippen molar-refractivity contribution in [3.05, 3.63) is 0 Å². The molecule has 0 aromatic carbocycles. The van der Waals surface area contributed by atoms with Crippen LogP contribution in [-0.4, -0.2) is 72.2 Å². The van der Waals surface area contributed by atoms with Crippen molar-refractivity contribution in [2.45, 2.75) is 69.7 Å². The van der Waals surface area contributed by atoms with Crippen LogP contribution in [0.4, 0.5) is 0 Å². The van der Waals surface area contributed by atoms with Gasteiger partial charge >= 0.3 is 0 Å². The minimum absolute atomic E-state index is 0.0972. The van der Waals surface area contributed by atoms with E-state index < -0.39 is 30.1 Å². The Hall–Kier alpha value is -0.270. The zero-order chi connectivity index (χ0) is 20.9. The highest BCUT2D eigenvalue weighted by molar-refractivity contribution is 7.91. The van der Waals surface area contributed by atoms with E-state index in [1.54, 1.807) is 6.92 Å². The summed E-state index contributed by atoms with van der Waals surface area (Å²) in [5.74, 6) is 1.65. The summed E-state index contributed by atoms with van der Waals surface area (Å²) in [6.45, 7) is 5.72. The Bertz CT molecular complexity index is 852. The monoisotopic (exact) mass is 460 g/mol. The first-order valence-electron chi connectivity index (χ1n) is 9.48. The molecule has 7 atom stereocenters. The molecule has 164 valence electrons. The van der Waals surface area contributed by atoms with E-state index in [1.807, 2.05) is 13.8 Å². The van der Waals surface area contributed by atoms with Gasteiger partial charge in [0.05, 0.1) is 29.5 Å². The largest absolute Gasteiger partial charge is 0.370 e. The van der Waals surface area contributed by atoms with Crippen molar-refractivity contribution in [1.82, 2.24) is 0 Å². The summed E-state index contributed by atoms with van der Waals surface area (Å²) in [6.07, 6.45) is 1.78. The van der Waals surface area contributed by atoms with Crippen molar-refractivity contribution in [3.8, 4) is 0 Å². The number of ether oxygens (including phenoxy) is 1. The van der Waals surface area contributed by atoms with Crippen LogP contribution in [0, 0.1) is 11.8 Å². The van der Waals surface area contributed by atoms with Gasteiger partial charge in [-0.3, -0.25) is 8.37 Å². The molecule has 5 aliphatic rings. The van der Waals surface area contributed by atoms with Crippen LogP contribution < -0.4 is 0 Å². The van der Waals surface area contributed by atoms with Gasteiger partial charge in [-0.2, -0.15) is 16.8 Å². The first-order chi connectivity index (χ1) is 12.8. The van der Waals surface area contributed by atoms with Crippen molar-refractivity contribution in [1.29, 1.82) is 0 Å². The van der Waals surface area contributed by atoms with Gasteiger partial charge in [-0.05, 0) is 32.1 Å². The maximum absolute atomic E-state index is 11.3. The molecule has 0 N–H and O–H groups in total. The molecule has 0 amide bonds. The SMILES string of the molecule is CC1C2CC3C(O2)C1OS3(=O)=O.CC1CCS(=O)(=O)C1.CC1CCS(=O)(=O)O1. The lowest BCUT2D eigenvalue weighted by Gasteiger charge is -2.15. The van der Waals surface area contributed by atoms with E-state index in [0.29, 0.717) is 30.3 Å². The molecule has 5 heterocycles. The average Bonchev–Trinajstić information content (AvgIpc) is 3.29. The van der Waals surface area contributed by atoms with Gasteiger partial charge < -0.3 is 4.74 Å². The highest BCUT2D eigenvalue weighted by Crippen LogP contribution is 2.49. The van der Waals surface area contributed by atoms with E-state index in [9.17, 15) is 25.3 Å². The molecule has 9 nitrogen and oxygen atoms in total. The summed E-state index contributed by atoms with van der Waals surface area (Å²) in [6, 6.07) is 0. The molecule has 2 bridgehead atoms. The smallest absolute Gasteiger partial charge is 0.273 e. The topological polar surface area (TPSA) is 130 Å². The summed E-state index contributed by atoms with van der Waals surface area (Å²) in [7, 11) is -8.98. The minimum atomic E-state index is -3.29. The van der Waals surface area contributed by atoms with Gasteiger partial charge in [0.25, 0.3) is 20.2 Å². The lowest BCUT2D eigenvalue weighted by molar-refractivity contribution is 0.0830. The van der Waals surface area contributed by atoms with Crippen LogP contribution in [0.15, 0.2) is 0 Å². The van der Waals surface area contributed by atoms with Crippen molar-refractivity contribution >= 4 is 30.1 Å². The molecule has 5 aliphatic heterocycles. The van der Waals surface area contributed by atoms with E-state index in [0.717, 1.165) is 6.42 Å². The second-order valence-electron chi connectivity index (χ2n) is 8.29. The molecule has 0 aromatic heterocycles. The molecular weight excluding hydrogens is 432 g/mol. The number of hydrogen-bond donors (Lipinski definition) is 0. The van der Waals surface area contributed by atoms with Gasteiger partial charge in [-0.15, -0.1) is 0 Å². The highest BCUT2D eigenvalue weighted by atomic mass is 32.2. The van der Waals surface area contributed by atoms with Gasteiger partial charge in [0.2, 0.25) is 0 Å². The molecule has 28 heavy (non-hydrogen) atoms. The minimum Gasteiger partial charge on any atom is -0.370 e. The van der Waals surface area contributed by atoms with Crippen LogP contribution >= 0.6 is 0 Å². The summed E-state index contributed by atoms with van der Waals surface area (Å²) >= 11 is 0. The van der Waals surface area contributed by atoms with E-state index in [1.165, 1.54) is 0 Å². The standard InChI is InChI=1S/C7H10O4S.C5H10O2S.C4H8O3S/c1-3-4-2-5-7(10-4)6(3)11-12(5,8)9;1-5-2-3-8(6,7)4-5;1-4-2-3-8(5,6)7-4/h3-7H,2H2,1H3;5H,2-4H2,1H3;4H,2-3H2,1H3. The van der Waals surface area contributed by atoms with Crippen LogP contribution in [0.2, 0.25) is 0 Å². The molecule has 12 heteroatoms. The first-order valence-corrected chi connectivity index (χ1v) is 14.4. The summed E-state index contributed by atoms with van der Waals surface area (Å²) in [5.41, 5.74) is 0. The first kappa shape index (κ1) is 22.4. The fraction of sp³-hybridized carbons (Fsp3) is 1.00. The zero-order valence-corrected chi connectivity index (χ0v) is 18.6.